The molecule has 13 rings (SSSR count). The van der Waals surface area contributed by atoms with Gasteiger partial charge in [-0.15, -0.1) is 0 Å². The average molecular weight is 1370 g/mol. The smallest absolute Gasteiger partial charge is 0.545 e. The molecule has 33 heteroatoms. The Morgan fingerprint density at radius 2 is 0.527 bits per heavy atom. The summed E-state index contributed by atoms with van der Waals surface area (Å²) in [6.45, 7) is 0. The Bertz CT molecular complexity index is 5370. The van der Waals surface area contributed by atoms with Crippen LogP contribution in [0.4, 0.5) is 22.7 Å². The molecule has 8 bridgehead atoms. The van der Waals surface area contributed by atoms with Crippen molar-refractivity contribution in [1.82, 2.24) is 39.9 Å². The molecule has 2 aliphatic heterocycles. The molecule has 467 valence electrons. The summed E-state index contributed by atoms with van der Waals surface area (Å²) >= 11 is 0. The van der Waals surface area contributed by atoms with E-state index in [-0.39, 0.29) is 171 Å². The van der Waals surface area contributed by atoms with Gasteiger partial charge in [-0.2, -0.15) is 0 Å². The van der Waals surface area contributed by atoms with Crippen LogP contribution in [0.3, 0.4) is 0 Å². The van der Waals surface area contributed by atoms with Gasteiger partial charge in [-0.1, -0.05) is 72.8 Å². The Hall–Kier alpha value is -11.5. The van der Waals surface area contributed by atoms with Crippen molar-refractivity contribution < 1.29 is 90.3 Å². The van der Waals surface area contributed by atoms with Gasteiger partial charge in [0, 0.05) is 67.6 Å². The number of anilines is 4. The van der Waals surface area contributed by atoms with E-state index in [1.165, 1.54) is 121 Å². The second kappa shape index (κ2) is 23.1. The summed E-state index contributed by atoms with van der Waals surface area (Å²) in [4.78, 5) is 82.7. The maximum Gasteiger partial charge on any atom is 2.00 e. The maximum absolute atomic E-state index is 14.1. The molecule has 28 nitrogen and oxygen atoms in total. The van der Waals surface area contributed by atoms with Crippen molar-refractivity contribution in [3.8, 4) is 45.6 Å². The average Bonchev–Trinajstić information content (AvgIpc) is 1.62. The summed E-state index contributed by atoms with van der Waals surface area (Å²) in [6, 6.07) is 33.8. The molecule has 0 amide bonds. The van der Waals surface area contributed by atoms with Crippen molar-refractivity contribution in [2.75, 3.05) is 18.9 Å². The standard InChI is InChI=1S/C60H38N12O16S4.Cu/c73-57(74)29-1-9-33(10-2-29)69-89(81,82)37-17-21-41-45(25-37)53-61-49(41)66-54-47-27-39(91(85,86)71-35-13-5-31(6-14-35)59(77)78)19-23-43(47)51(63-54)68-56-48-28-40(92(87,88)72-36-15-7-32(8-16-36)60(79)80)20-24-44(48)52(64-56)67-55-46-26-38(18-22-42(46)50(62-55)65-53)90(83,84)70-34-11-3-30(4-12-34)58(75)76;/h1-28,69-72H,(H6,61,62,63,64,65,66,67,68,73,74,75,76,77,78,79,80);/q;+2/p-6. The number of carboxylic acids is 4. The quantitative estimate of drug-likeness (QED) is 0.101. The first-order chi connectivity index (χ1) is 43.7. The molecular formula is C60H32CuN12O16S4-4. The van der Waals surface area contributed by atoms with Gasteiger partial charge in [0.1, 0.15) is 0 Å². The number of hydrogen-bond donors (Lipinski definition) is 4. The number of aromatic nitrogens is 8. The predicted octanol–water partition coefficient (Wildman–Crippen LogP) is 2.78. The van der Waals surface area contributed by atoms with Crippen LogP contribution in [-0.4, -0.2) is 87.5 Å². The number of sulfonamides is 4. The number of carboxylic acid groups (broad SMARTS) is 4. The van der Waals surface area contributed by atoms with E-state index in [9.17, 15) is 73.3 Å². The van der Waals surface area contributed by atoms with Gasteiger partial charge in [-0.05, 0) is 141 Å². The third-order valence-electron chi connectivity index (χ3n) is 14.3. The van der Waals surface area contributed by atoms with E-state index in [2.05, 4.69) is 18.9 Å². The molecule has 0 spiro atoms. The Labute approximate surface area is 533 Å². The van der Waals surface area contributed by atoms with E-state index in [4.69, 9.17) is 39.9 Å². The number of nitrogens with zero attached hydrogens (tertiary/aromatic N) is 8. The van der Waals surface area contributed by atoms with E-state index in [0.717, 1.165) is 48.5 Å². The van der Waals surface area contributed by atoms with Crippen molar-refractivity contribution in [3.05, 3.63) is 192 Å². The summed E-state index contributed by atoms with van der Waals surface area (Å²) in [5, 5.41) is 46.1. The minimum Gasteiger partial charge on any atom is -0.545 e. The SMILES string of the molecule is O=C([O-])c1ccc(NS(=O)(=O)c2ccc3c(c2)-c2nc-3nc3[n-]c(nc4nc(nc5[n-]c(n2)c2ccc(S(=O)(=O)Nc6ccc(C(=O)[O-])cc6)cc52)-c2ccc(S(=O)(=O)Nc5ccc(C(=O)[O-])cc5)cc2-4)c2ccc(S(=O)(=O)Nc4ccc(C(=O)[O-])cc4)cc32)cc1.[Cu+2]. The zero-order valence-electron chi connectivity index (χ0n) is 46.2. The molecule has 11 aromatic rings. The topological polar surface area (TPSA) is 451 Å². The van der Waals surface area contributed by atoms with E-state index in [1.807, 2.05) is 0 Å². The maximum atomic E-state index is 14.1. The molecule has 2 aliphatic rings. The molecule has 5 heterocycles. The van der Waals surface area contributed by atoms with Gasteiger partial charge in [0.15, 0.2) is 0 Å². The molecule has 3 aromatic heterocycles. The minimum absolute atomic E-state index is 0. The van der Waals surface area contributed by atoms with Crippen LogP contribution in [0, 0.1) is 0 Å². The summed E-state index contributed by atoms with van der Waals surface area (Å²) in [7, 11) is -18.1. The van der Waals surface area contributed by atoms with Gasteiger partial charge in [0.2, 0.25) is 0 Å². The minimum atomic E-state index is -4.51. The summed E-state index contributed by atoms with van der Waals surface area (Å²) in [5.41, 5.74) is -1.54. The van der Waals surface area contributed by atoms with Gasteiger partial charge in [-0.25, -0.2) is 43.6 Å². The molecule has 0 saturated carbocycles. The monoisotopic (exact) mass is 1370 g/mol. The van der Waals surface area contributed by atoms with E-state index < -0.39 is 64.0 Å². The van der Waals surface area contributed by atoms with Crippen LogP contribution < -0.4 is 49.3 Å². The van der Waals surface area contributed by atoms with Crippen molar-refractivity contribution in [1.29, 1.82) is 0 Å². The third-order valence-corrected chi connectivity index (χ3v) is 19.8. The molecule has 1 radical (unpaired) electrons. The van der Waals surface area contributed by atoms with Gasteiger partial charge in [0.05, 0.1) is 66.8 Å². The molecule has 93 heavy (non-hydrogen) atoms. The second-order valence-electron chi connectivity index (χ2n) is 20.2. The van der Waals surface area contributed by atoms with E-state index in [0.29, 0.717) is 0 Å². The number of aromatic carboxylic acids is 4. The van der Waals surface area contributed by atoms with Crippen LogP contribution >= 0.6 is 0 Å². The number of carbonyl (C=O) groups excluding carboxylic acids is 4. The fourth-order valence-corrected chi connectivity index (χ4v) is 14.1. The van der Waals surface area contributed by atoms with Crippen molar-refractivity contribution in [2.45, 2.75) is 19.6 Å². The van der Waals surface area contributed by atoms with Crippen LogP contribution in [0.25, 0.3) is 89.7 Å². The number of fused-ring (bicyclic) bond motifs is 20. The third kappa shape index (κ3) is 11.9. The van der Waals surface area contributed by atoms with Crippen molar-refractivity contribution in [2.24, 2.45) is 0 Å². The largest absolute Gasteiger partial charge is 2.00 e. The molecule has 8 aromatic carbocycles. The number of hydrogen-bond acceptors (Lipinski definition) is 22. The zero-order valence-corrected chi connectivity index (χ0v) is 50.4. The van der Waals surface area contributed by atoms with E-state index >= 15 is 0 Å². The van der Waals surface area contributed by atoms with Crippen LogP contribution in [0.15, 0.2) is 189 Å². The molecule has 0 atom stereocenters. The van der Waals surface area contributed by atoms with E-state index in [1.54, 1.807) is 0 Å². The molecular weight excluding hydrogens is 1340 g/mol. The first-order valence-corrected chi connectivity index (χ1v) is 32.3. The van der Waals surface area contributed by atoms with Crippen molar-refractivity contribution >= 4 is 131 Å². The predicted molar refractivity (Wildman–Crippen MR) is 320 cm³/mol. The zero-order chi connectivity index (χ0) is 64.8. The van der Waals surface area contributed by atoms with Crippen LogP contribution in [0.5, 0.6) is 0 Å². The van der Waals surface area contributed by atoms with Crippen molar-refractivity contribution in [3.63, 3.8) is 0 Å². The molecule has 0 unspecified atom stereocenters. The Balaban J connectivity index is 0.00000832. The Kier molecular flexibility index (Phi) is 15.3. The molecule has 0 fully saturated rings. The fraction of sp³-hybridized carbons (Fsp3) is 0. The normalized spacial score (nSPS) is 12.0. The molecule has 0 saturated heterocycles. The Morgan fingerprint density at radius 1 is 0.290 bits per heavy atom. The fourth-order valence-electron chi connectivity index (χ4n) is 9.80. The summed E-state index contributed by atoms with van der Waals surface area (Å²) < 4.78 is 123. The van der Waals surface area contributed by atoms with Gasteiger partial charge in [-0.3, -0.25) is 18.9 Å². The van der Waals surface area contributed by atoms with Gasteiger partial charge < -0.3 is 69.5 Å². The van der Waals surface area contributed by atoms with Crippen LogP contribution in [0.2, 0.25) is 0 Å². The first kappa shape index (κ1) is 61.7. The van der Waals surface area contributed by atoms with Gasteiger partial charge >= 0.3 is 17.1 Å². The number of carbonyl (C=O) groups is 4. The Morgan fingerprint density at radius 3 is 0.796 bits per heavy atom. The number of nitrogens with one attached hydrogen (secondary N) is 4. The number of benzene rings is 8. The van der Waals surface area contributed by atoms with Crippen LogP contribution in [-0.2, 0) is 57.2 Å². The van der Waals surface area contributed by atoms with Gasteiger partial charge in [0.25, 0.3) is 40.1 Å². The molecule has 0 aliphatic carbocycles. The van der Waals surface area contributed by atoms with Crippen LogP contribution in [0.1, 0.15) is 41.4 Å². The number of rotatable bonds is 16. The summed E-state index contributed by atoms with van der Waals surface area (Å²) in [6.07, 6.45) is 0. The summed E-state index contributed by atoms with van der Waals surface area (Å²) in [5.74, 6) is -6.84. The second-order valence-corrected chi connectivity index (χ2v) is 26.9. The molecule has 4 N–H and O–H groups in total. The first-order valence-electron chi connectivity index (χ1n) is 26.4.